The number of pyridine rings is 1. The van der Waals surface area contributed by atoms with E-state index in [0.29, 0.717) is 34.2 Å². The van der Waals surface area contributed by atoms with E-state index >= 15 is 0 Å². The van der Waals surface area contributed by atoms with Gasteiger partial charge in [0, 0.05) is 5.56 Å². The highest BCUT2D eigenvalue weighted by Gasteiger charge is 2.29. The molecule has 1 aliphatic rings. The van der Waals surface area contributed by atoms with Gasteiger partial charge in [-0.2, -0.15) is 0 Å². The normalized spacial score (nSPS) is 14.7. The van der Waals surface area contributed by atoms with E-state index in [1.54, 1.807) is 12.1 Å². The zero-order valence-electron chi connectivity index (χ0n) is 16.4. The number of allylic oxidation sites excluding steroid dienone is 2. The quantitative estimate of drug-likeness (QED) is 0.443. The van der Waals surface area contributed by atoms with Gasteiger partial charge in [0.2, 0.25) is 5.43 Å². The molecule has 0 saturated heterocycles. The third kappa shape index (κ3) is 2.74. The van der Waals surface area contributed by atoms with Gasteiger partial charge in [0.1, 0.15) is 22.8 Å². The molecule has 5 heteroatoms. The van der Waals surface area contributed by atoms with E-state index in [2.05, 4.69) is 4.98 Å². The fourth-order valence-corrected chi connectivity index (χ4v) is 3.62. The summed E-state index contributed by atoms with van der Waals surface area (Å²) in [5, 5.41) is 21.8. The zero-order valence-corrected chi connectivity index (χ0v) is 16.4. The number of nitrogens with one attached hydrogen (secondary N) is 1. The van der Waals surface area contributed by atoms with Crippen molar-refractivity contribution in [1.82, 2.24) is 4.98 Å². The van der Waals surface area contributed by atoms with Crippen molar-refractivity contribution in [1.29, 1.82) is 0 Å². The average molecular weight is 377 g/mol. The first-order chi connectivity index (χ1) is 13.2. The third-order valence-corrected chi connectivity index (χ3v) is 5.06. The molecule has 1 aliphatic heterocycles. The van der Waals surface area contributed by atoms with Crippen LogP contribution in [0.25, 0.3) is 27.9 Å². The number of hydrogen-bond acceptors (Lipinski definition) is 4. The molecular weight excluding hydrogens is 354 g/mol. The van der Waals surface area contributed by atoms with E-state index in [1.807, 2.05) is 45.9 Å². The Kier molecular flexibility index (Phi) is 4.00. The Morgan fingerprint density at radius 1 is 1.21 bits per heavy atom. The Morgan fingerprint density at radius 2 is 1.96 bits per heavy atom. The Morgan fingerprint density at radius 3 is 2.68 bits per heavy atom. The number of fused-ring (bicyclic) bond motifs is 3. The number of H-pyrrole nitrogens is 1. The number of para-hydroxylation sites is 1. The maximum Gasteiger partial charge on any atom is 0.201 e. The van der Waals surface area contributed by atoms with Crippen molar-refractivity contribution >= 4 is 27.9 Å². The molecule has 28 heavy (non-hydrogen) atoms. The number of hydrogen-bond donors (Lipinski definition) is 3. The number of rotatable bonds is 2. The van der Waals surface area contributed by atoms with E-state index in [9.17, 15) is 15.0 Å². The van der Waals surface area contributed by atoms with E-state index in [-0.39, 0.29) is 22.3 Å². The Labute approximate surface area is 162 Å². The molecule has 0 radical (unpaired) electrons. The number of aromatic amines is 1. The summed E-state index contributed by atoms with van der Waals surface area (Å²) in [6.07, 6.45) is 6.26. The molecule has 1 aromatic heterocycles. The van der Waals surface area contributed by atoms with Crippen molar-refractivity contribution in [2.24, 2.45) is 0 Å². The first kappa shape index (κ1) is 18.2. The molecule has 0 bridgehead atoms. The SMILES string of the molecule is CC(C)=CCc1c2c(c(O)c3c(=O)c4cccc(O)c4[nH]c13)C=CC(C)(C)O2. The highest BCUT2D eigenvalue weighted by molar-refractivity contribution is 6.02. The summed E-state index contributed by atoms with van der Waals surface area (Å²) >= 11 is 0. The van der Waals surface area contributed by atoms with E-state index in [1.165, 1.54) is 6.07 Å². The van der Waals surface area contributed by atoms with Gasteiger partial charge in [-0.25, -0.2) is 0 Å². The monoisotopic (exact) mass is 377 g/mol. The molecule has 144 valence electrons. The van der Waals surface area contributed by atoms with Crippen LogP contribution in [0, 0.1) is 0 Å². The molecule has 0 amide bonds. The van der Waals surface area contributed by atoms with Crippen LogP contribution in [-0.2, 0) is 6.42 Å². The number of ether oxygens (including phenoxy) is 1. The van der Waals surface area contributed by atoms with Gasteiger partial charge in [0.15, 0.2) is 0 Å². The predicted octanol–water partition coefficient (Wildman–Crippen LogP) is 4.79. The lowest BCUT2D eigenvalue weighted by Gasteiger charge is -2.30. The number of aromatic nitrogens is 1. The topological polar surface area (TPSA) is 82.5 Å². The Balaban J connectivity index is 2.21. The van der Waals surface area contributed by atoms with Crippen molar-refractivity contribution in [2.45, 2.75) is 39.7 Å². The molecule has 4 rings (SSSR count). The third-order valence-electron chi connectivity index (χ3n) is 5.06. The summed E-state index contributed by atoms with van der Waals surface area (Å²) in [6.45, 7) is 7.88. The molecule has 0 atom stereocenters. The Hall–Kier alpha value is -3.21. The van der Waals surface area contributed by atoms with Gasteiger partial charge in [0.25, 0.3) is 0 Å². The van der Waals surface area contributed by atoms with Crippen molar-refractivity contribution in [3.05, 3.63) is 57.3 Å². The first-order valence-corrected chi connectivity index (χ1v) is 9.26. The van der Waals surface area contributed by atoms with Crippen LogP contribution in [0.4, 0.5) is 0 Å². The van der Waals surface area contributed by atoms with E-state index in [4.69, 9.17) is 4.74 Å². The smallest absolute Gasteiger partial charge is 0.201 e. The van der Waals surface area contributed by atoms with Crippen LogP contribution < -0.4 is 10.2 Å². The molecule has 0 unspecified atom stereocenters. The van der Waals surface area contributed by atoms with Crippen molar-refractivity contribution in [3.8, 4) is 17.2 Å². The van der Waals surface area contributed by atoms with Crippen LogP contribution in [0.5, 0.6) is 17.2 Å². The van der Waals surface area contributed by atoms with E-state index < -0.39 is 5.60 Å². The fraction of sp³-hybridized carbons (Fsp3) is 0.261. The second-order valence-electron chi connectivity index (χ2n) is 8.00. The van der Waals surface area contributed by atoms with Crippen LogP contribution in [0.3, 0.4) is 0 Å². The molecule has 3 N–H and O–H groups in total. The molecule has 0 aliphatic carbocycles. The number of aromatic hydroxyl groups is 2. The van der Waals surface area contributed by atoms with Crippen molar-refractivity contribution < 1.29 is 14.9 Å². The summed E-state index contributed by atoms with van der Waals surface area (Å²) in [4.78, 5) is 16.4. The highest BCUT2D eigenvalue weighted by atomic mass is 16.5. The summed E-state index contributed by atoms with van der Waals surface area (Å²) in [5.74, 6) is 0.438. The maximum atomic E-state index is 13.2. The summed E-state index contributed by atoms with van der Waals surface area (Å²) in [6, 6.07) is 4.78. The van der Waals surface area contributed by atoms with Crippen LogP contribution in [0.2, 0.25) is 0 Å². The minimum atomic E-state index is -0.536. The van der Waals surface area contributed by atoms with Crippen LogP contribution in [0.1, 0.15) is 38.8 Å². The lowest BCUT2D eigenvalue weighted by Crippen LogP contribution is -2.28. The van der Waals surface area contributed by atoms with E-state index in [0.717, 1.165) is 11.1 Å². The molecule has 5 nitrogen and oxygen atoms in total. The zero-order chi connectivity index (χ0) is 20.2. The summed E-state index contributed by atoms with van der Waals surface area (Å²) < 4.78 is 6.19. The second-order valence-corrected chi connectivity index (χ2v) is 8.00. The van der Waals surface area contributed by atoms with Crippen LogP contribution in [-0.4, -0.2) is 20.8 Å². The minimum absolute atomic E-state index is 0.0111. The first-order valence-electron chi connectivity index (χ1n) is 9.26. The van der Waals surface area contributed by atoms with Gasteiger partial charge < -0.3 is 19.9 Å². The van der Waals surface area contributed by atoms with Gasteiger partial charge in [0.05, 0.1) is 27.4 Å². The molecule has 0 saturated carbocycles. The summed E-state index contributed by atoms with van der Waals surface area (Å²) in [7, 11) is 0. The molecular formula is C23H23NO4. The van der Waals surface area contributed by atoms with Crippen molar-refractivity contribution in [2.75, 3.05) is 0 Å². The second kappa shape index (κ2) is 6.16. The molecule has 2 aromatic carbocycles. The van der Waals surface area contributed by atoms with Crippen LogP contribution >= 0.6 is 0 Å². The molecule has 0 fully saturated rings. The highest BCUT2D eigenvalue weighted by Crippen LogP contribution is 2.44. The van der Waals surface area contributed by atoms with Gasteiger partial charge in [-0.05, 0) is 58.4 Å². The van der Waals surface area contributed by atoms with Gasteiger partial charge in [-0.3, -0.25) is 4.79 Å². The summed E-state index contributed by atoms with van der Waals surface area (Å²) in [5.41, 5.74) is 2.40. The van der Waals surface area contributed by atoms with Crippen LogP contribution in [0.15, 0.2) is 40.7 Å². The fourth-order valence-electron chi connectivity index (χ4n) is 3.62. The van der Waals surface area contributed by atoms with Crippen molar-refractivity contribution in [3.63, 3.8) is 0 Å². The predicted molar refractivity (Wildman–Crippen MR) is 112 cm³/mol. The Bertz CT molecular complexity index is 1240. The number of benzene rings is 2. The largest absolute Gasteiger partial charge is 0.506 e. The molecule has 2 heterocycles. The molecule has 0 spiro atoms. The van der Waals surface area contributed by atoms with Gasteiger partial charge >= 0.3 is 0 Å². The number of phenolic OH excluding ortho intramolecular Hbond substituents is 2. The lowest BCUT2D eigenvalue weighted by atomic mass is 9.93. The average Bonchev–Trinajstić information content (AvgIpc) is 2.61. The van der Waals surface area contributed by atoms with Gasteiger partial charge in [-0.15, -0.1) is 0 Å². The maximum absolute atomic E-state index is 13.2. The number of phenols is 2. The lowest BCUT2D eigenvalue weighted by molar-refractivity contribution is 0.157. The molecule has 3 aromatic rings. The standard InChI is InChI=1S/C23H23NO4/c1-12(2)8-9-14-19-17(20(26)13-6-5-7-16(25)18(13)24-19)21(27)15-10-11-23(3,4)28-22(14)15/h5-8,10-11,25,27H,9H2,1-4H3,(H,24,26). The minimum Gasteiger partial charge on any atom is -0.506 e. The van der Waals surface area contributed by atoms with Gasteiger partial charge in [-0.1, -0.05) is 17.7 Å².